The molecule has 158 valence electrons. The number of nitrogens with zero attached hydrogens (tertiary/aromatic N) is 4. The van der Waals surface area contributed by atoms with Gasteiger partial charge in [0, 0.05) is 43.2 Å². The van der Waals surface area contributed by atoms with Gasteiger partial charge in [-0.05, 0) is 60.6 Å². The minimum atomic E-state index is -0.423. The number of allylic oxidation sites excluding steroid dienone is 2. The van der Waals surface area contributed by atoms with Crippen molar-refractivity contribution in [3.63, 3.8) is 0 Å². The molecule has 0 aromatic heterocycles. The van der Waals surface area contributed by atoms with Gasteiger partial charge in [-0.3, -0.25) is 10.1 Å². The maximum absolute atomic E-state index is 13.4. The summed E-state index contributed by atoms with van der Waals surface area (Å²) < 4.78 is 0. The lowest BCUT2D eigenvalue weighted by Gasteiger charge is -2.37. The second-order valence-corrected chi connectivity index (χ2v) is 7.76. The summed E-state index contributed by atoms with van der Waals surface area (Å²) in [5.74, 6) is 2.83. The predicted octanol–water partition coefficient (Wildman–Crippen LogP) is 5.00. The Morgan fingerprint density at radius 1 is 1.13 bits per heavy atom. The van der Waals surface area contributed by atoms with E-state index in [9.17, 15) is 14.9 Å². The highest BCUT2D eigenvalue weighted by Crippen LogP contribution is 2.26. The predicted molar refractivity (Wildman–Crippen MR) is 119 cm³/mol. The van der Waals surface area contributed by atoms with E-state index in [4.69, 9.17) is 0 Å². The highest BCUT2D eigenvalue weighted by Gasteiger charge is 2.30. The number of amides is 2. The van der Waals surface area contributed by atoms with Crippen molar-refractivity contribution in [2.45, 2.75) is 38.1 Å². The quantitative estimate of drug-likeness (QED) is 0.520. The van der Waals surface area contributed by atoms with Crippen molar-refractivity contribution >= 4 is 23.2 Å². The lowest BCUT2D eigenvalue weighted by molar-refractivity contribution is -0.384. The fourth-order valence-corrected chi connectivity index (χ4v) is 4.06. The molecule has 0 radical (unpaired) electrons. The minimum Gasteiger partial charge on any atom is -0.320 e. The Hall–Kier alpha value is -3.70. The first-order valence-electron chi connectivity index (χ1n) is 10.5. The Balaban J connectivity index is 1.55. The summed E-state index contributed by atoms with van der Waals surface area (Å²) in [5.41, 5.74) is 2.93. The first kappa shape index (κ1) is 20.6. The van der Waals surface area contributed by atoms with Gasteiger partial charge < -0.3 is 4.90 Å². The van der Waals surface area contributed by atoms with Crippen molar-refractivity contribution in [2.75, 3.05) is 6.54 Å². The Kier molecular flexibility index (Phi) is 6.24. The van der Waals surface area contributed by atoms with Crippen LogP contribution in [0.4, 0.5) is 10.5 Å². The summed E-state index contributed by atoms with van der Waals surface area (Å²) in [5, 5.41) is 16.5. The first-order valence-corrected chi connectivity index (χ1v) is 10.5. The van der Waals surface area contributed by atoms with Crippen molar-refractivity contribution in [2.24, 2.45) is 5.10 Å². The number of nitro groups is 1. The van der Waals surface area contributed by atoms with Crippen LogP contribution in [0.1, 0.15) is 36.8 Å². The lowest BCUT2D eigenvalue weighted by atomic mass is 9.96. The fraction of sp³-hybridized carbons (Fsp3) is 0.292. The van der Waals surface area contributed by atoms with Crippen LogP contribution in [0.2, 0.25) is 0 Å². The van der Waals surface area contributed by atoms with Crippen LogP contribution >= 0.6 is 0 Å². The van der Waals surface area contributed by atoms with E-state index < -0.39 is 4.92 Å². The third-order valence-electron chi connectivity index (χ3n) is 5.69. The molecule has 31 heavy (non-hydrogen) atoms. The van der Waals surface area contributed by atoms with Crippen LogP contribution < -0.4 is 0 Å². The van der Waals surface area contributed by atoms with E-state index in [2.05, 4.69) is 23.1 Å². The zero-order chi connectivity index (χ0) is 21.6. The topological polar surface area (TPSA) is 79.0 Å². The largest absolute Gasteiger partial charge is 0.345 e. The minimum absolute atomic E-state index is 0.0368. The number of hydrogen-bond donors (Lipinski definition) is 0. The standard InChI is InChI=1S/C24H24N4O3/c29-24(26-16-5-4-10-23(26)17-19-7-2-1-3-8-19)27-18-21(9-6-15-25-27)20-11-13-22(14-12-20)28(30)31/h1-3,6-8,11-14,18,23H,4-5,9-10,16-17H2. The Morgan fingerprint density at radius 3 is 2.65 bits per heavy atom. The third-order valence-corrected chi connectivity index (χ3v) is 5.69. The van der Waals surface area contributed by atoms with E-state index in [-0.39, 0.29) is 17.8 Å². The van der Waals surface area contributed by atoms with Gasteiger partial charge in [-0.1, -0.05) is 30.3 Å². The van der Waals surface area contributed by atoms with Gasteiger partial charge in [-0.2, -0.15) is 5.01 Å². The van der Waals surface area contributed by atoms with Crippen molar-refractivity contribution in [3.8, 4) is 0 Å². The number of non-ortho nitro benzene ring substituents is 1. The normalized spacial score (nSPS) is 18.5. The molecule has 0 N–H and O–H groups in total. The molecule has 1 saturated heterocycles. The number of likely N-dealkylation sites (tertiary alicyclic amines) is 1. The number of nitro benzene ring substituents is 1. The number of urea groups is 1. The second kappa shape index (κ2) is 9.41. The molecule has 2 amide bonds. The molecule has 0 saturated carbocycles. The Labute approximate surface area is 181 Å². The van der Waals surface area contributed by atoms with Crippen LogP contribution in [0.25, 0.3) is 5.57 Å². The van der Waals surface area contributed by atoms with Crippen molar-refractivity contribution in [3.05, 3.63) is 88.1 Å². The Morgan fingerprint density at radius 2 is 1.90 bits per heavy atom. The van der Waals surface area contributed by atoms with Gasteiger partial charge in [0.1, 0.15) is 0 Å². The van der Waals surface area contributed by atoms with Crippen LogP contribution in [-0.4, -0.2) is 39.3 Å². The summed E-state index contributed by atoms with van der Waals surface area (Å²) in [7, 11) is 0. The van der Waals surface area contributed by atoms with Crippen molar-refractivity contribution < 1.29 is 9.72 Å². The molecule has 0 spiro atoms. The van der Waals surface area contributed by atoms with Gasteiger partial charge >= 0.3 is 6.03 Å². The van der Waals surface area contributed by atoms with Crippen LogP contribution in [0, 0.1) is 10.1 Å². The molecular weight excluding hydrogens is 392 g/mol. The molecule has 2 aromatic rings. The molecule has 1 atom stereocenters. The molecule has 2 heterocycles. The smallest absolute Gasteiger partial charge is 0.320 e. The number of hydrazone groups is 1. The molecule has 2 aliphatic heterocycles. The van der Waals surface area contributed by atoms with Gasteiger partial charge in [-0.25, -0.2) is 4.79 Å². The van der Waals surface area contributed by atoms with Gasteiger partial charge in [0.05, 0.1) is 4.92 Å². The average molecular weight is 416 g/mol. The molecule has 0 bridgehead atoms. The second-order valence-electron chi connectivity index (χ2n) is 7.76. The molecule has 2 aromatic carbocycles. The van der Waals surface area contributed by atoms with E-state index in [0.717, 1.165) is 36.8 Å². The molecule has 0 aliphatic carbocycles. The van der Waals surface area contributed by atoms with Gasteiger partial charge in [0.25, 0.3) is 5.69 Å². The molecular formula is C24H24N4O3. The van der Waals surface area contributed by atoms with E-state index in [1.54, 1.807) is 24.4 Å². The third kappa shape index (κ3) is 4.90. The maximum atomic E-state index is 13.4. The van der Waals surface area contributed by atoms with Gasteiger partial charge in [-0.15, -0.1) is 5.10 Å². The highest BCUT2D eigenvalue weighted by molar-refractivity contribution is 5.81. The summed E-state index contributed by atoms with van der Waals surface area (Å²) in [6.45, 7) is 0.701. The summed E-state index contributed by atoms with van der Waals surface area (Å²) >= 11 is 0. The van der Waals surface area contributed by atoms with E-state index >= 15 is 0 Å². The molecule has 7 heteroatoms. The van der Waals surface area contributed by atoms with Crippen LogP contribution in [0.15, 0.2) is 72.0 Å². The summed E-state index contributed by atoms with van der Waals surface area (Å²) in [6, 6.07) is 16.5. The van der Waals surface area contributed by atoms with Crippen LogP contribution in [0.3, 0.4) is 0 Å². The average Bonchev–Trinajstić information content (AvgIpc) is 3.06. The zero-order valence-electron chi connectivity index (χ0n) is 17.2. The van der Waals surface area contributed by atoms with E-state index in [1.165, 1.54) is 22.7 Å². The number of benzene rings is 2. The van der Waals surface area contributed by atoms with Crippen LogP contribution in [0.5, 0.6) is 0 Å². The molecule has 4 rings (SSSR count). The monoisotopic (exact) mass is 416 g/mol. The molecule has 7 nitrogen and oxygen atoms in total. The highest BCUT2D eigenvalue weighted by atomic mass is 16.6. The fourth-order valence-electron chi connectivity index (χ4n) is 4.06. The Bertz CT molecular complexity index is 1040. The van der Waals surface area contributed by atoms with Crippen LogP contribution in [-0.2, 0) is 6.42 Å². The molecule has 1 fully saturated rings. The van der Waals surface area contributed by atoms with Gasteiger partial charge in [0.2, 0.25) is 0 Å². The molecule has 1 unspecified atom stereocenters. The van der Waals surface area contributed by atoms with Crippen molar-refractivity contribution in [1.82, 2.24) is 9.91 Å². The maximum Gasteiger partial charge on any atom is 0.345 e. The lowest BCUT2D eigenvalue weighted by Crippen LogP contribution is -2.48. The summed E-state index contributed by atoms with van der Waals surface area (Å²) in [6.07, 6.45) is 7.88. The van der Waals surface area contributed by atoms with Crippen molar-refractivity contribution in [1.29, 1.82) is 0 Å². The number of carbonyl (C=O) groups is 1. The number of rotatable bonds is 4. The van der Waals surface area contributed by atoms with E-state index in [1.807, 2.05) is 23.1 Å². The summed E-state index contributed by atoms with van der Waals surface area (Å²) in [4.78, 5) is 25.8. The first-order chi connectivity index (χ1) is 15.1. The number of carbonyl (C=O) groups excluding carboxylic acids is 1. The SMILES string of the molecule is O=C(N1C=C(c2ccc([N+](=O)[O-])cc2)CC=C=N1)N1CCCCC1Cc1ccccc1. The number of piperidine rings is 1. The number of hydrogen-bond acceptors (Lipinski definition) is 4. The van der Waals surface area contributed by atoms with Gasteiger partial charge in [0.15, 0.2) is 0 Å². The zero-order valence-corrected chi connectivity index (χ0v) is 17.2. The molecule has 2 aliphatic rings. The van der Waals surface area contributed by atoms with E-state index in [0.29, 0.717) is 13.0 Å².